The lowest BCUT2D eigenvalue weighted by molar-refractivity contribution is 0.0699. The minimum atomic E-state index is -0.234. The summed E-state index contributed by atoms with van der Waals surface area (Å²) in [6, 6.07) is 11.4. The normalized spacial score (nSPS) is 19.0. The van der Waals surface area contributed by atoms with E-state index in [0.29, 0.717) is 37.4 Å². The Morgan fingerprint density at radius 3 is 2.00 bits per heavy atom. The third kappa shape index (κ3) is 2.20. The van der Waals surface area contributed by atoms with Crippen LogP contribution < -0.4 is 0 Å². The minimum Gasteiger partial charge on any atom is -0.379 e. The number of nitrogens with zero attached hydrogens (tertiary/aromatic N) is 2. The van der Waals surface area contributed by atoms with Gasteiger partial charge in [0.05, 0.1) is 36.5 Å². The molecule has 1 fully saturated rings. The van der Waals surface area contributed by atoms with Crippen LogP contribution in [0.2, 0.25) is 0 Å². The van der Waals surface area contributed by atoms with Gasteiger partial charge in [-0.3, -0.25) is 9.59 Å². The first-order valence-corrected chi connectivity index (χ1v) is 7.89. The van der Waals surface area contributed by atoms with E-state index in [-0.39, 0.29) is 11.8 Å². The lowest BCUT2D eigenvalue weighted by Gasteiger charge is -2.27. The van der Waals surface area contributed by atoms with E-state index in [9.17, 15) is 9.59 Å². The molecule has 2 aliphatic rings. The number of amides is 2. The Hall–Kier alpha value is -1.89. The Morgan fingerprint density at radius 1 is 0.909 bits per heavy atom. The van der Waals surface area contributed by atoms with E-state index in [2.05, 4.69) is 0 Å². The maximum Gasteiger partial charge on any atom is 0.272 e. The van der Waals surface area contributed by atoms with Crippen LogP contribution in [0.25, 0.3) is 10.8 Å². The van der Waals surface area contributed by atoms with Crippen LogP contribution in [0.4, 0.5) is 0 Å². The average Bonchev–Trinajstić information content (AvgIpc) is 2.79. The lowest BCUT2D eigenvalue weighted by atomic mass is 10.0. The molecule has 2 aliphatic heterocycles. The molecule has 1 saturated heterocycles. The first kappa shape index (κ1) is 13.8. The fraction of sp³-hybridized carbons (Fsp3) is 0.250. The molecule has 0 unspecified atom stereocenters. The van der Waals surface area contributed by atoms with Crippen molar-refractivity contribution >= 4 is 34.7 Å². The summed E-state index contributed by atoms with van der Waals surface area (Å²) in [4.78, 5) is 25.1. The Labute approximate surface area is 132 Å². The van der Waals surface area contributed by atoms with Gasteiger partial charge in [0.15, 0.2) is 0 Å². The van der Waals surface area contributed by atoms with E-state index in [1.54, 1.807) is 0 Å². The summed E-state index contributed by atoms with van der Waals surface area (Å²) in [6.07, 6.45) is 0. The van der Waals surface area contributed by atoms with Gasteiger partial charge in [0, 0.05) is 13.1 Å². The molecular weight excluding hydrogens is 300 g/mol. The monoisotopic (exact) mass is 314 g/mol. The molecule has 4 rings (SSSR count). The molecule has 2 heterocycles. The molecule has 0 radical (unpaired) electrons. The molecule has 22 heavy (non-hydrogen) atoms. The molecule has 0 spiro atoms. The first-order chi connectivity index (χ1) is 10.7. The molecule has 6 heteroatoms. The molecule has 112 valence electrons. The topological polar surface area (TPSA) is 49.9 Å². The number of hydrogen-bond acceptors (Lipinski definition) is 5. The number of benzene rings is 2. The summed E-state index contributed by atoms with van der Waals surface area (Å²) in [7, 11) is 0. The Kier molecular flexibility index (Phi) is 3.37. The lowest BCUT2D eigenvalue weighted by Crippen LogP contribution is -2.36. The quantitative estimate of drug-likeness (QED) is 0.629. The predicted molar refractivity (Wildman–Crippen MR) is 84.4 cm³/mol. The van der Waals surface area contributed by atoms with Gasteiger partial charge in [0.25, 0.3) is 11.8 Å². The second kappa shape index (κ2) is 5.39. The van der Waals surface area contributed by atoms with Gasteiger partial charge >= 0.3 is 0 Å². The summed E-state index contributed by atoms with van der Waals surface area (Å²) in [5.74, 6) is -0.468. The molecule has 0 N–H and O–H groups in total. The van der Waals surface area contributed by atoms with Crippen molar-refractivity contribution in [2.45, 2.75) is 0 Å². The molecule has 0 atom stereocenters. The molecule has 2 amide bonds. The van der Waals surface area contributed by atoms with Crippen molar-refractivity contribution in [3.8, 4) is 0 Å². The number of carbonyl (C=O) groups excluding carboxylic acids is 2. The first-order valence-electron chi connectivity index (χ1n) is 7.16. The summed E-state index contributed by atoms with van der Waals surface area (Å²) >= 11 is 1.20. The van der Waals surface area contributed by atoms with Gasteiger partial charge in [0.1, 0.15) is 0 Å². The van der Waals surface area contributed by atoms with Gasteiger partial charge in [-0.1, -0.05) is 24.3 Å². The SMILES string of the molecule is O=C1c2cc3ccccc3cc2C(=O)N1SN1CCOCC1. The number of hydrogen-bond donors (Lipinski definition) is 0. The summed E-state index contributed by atoms with van der Waals surface area (Å²) < 4.78 is 8.54. The van der Waals surface area contributed by atoms with Crippen LogP contribution in [-0.2, 0) is 4.74 Å². The Morgan fingerprint density at radius 2 is 1.45 bits per heavy atom. The standard InChI is InChI=1S/C16H14N2O3S/c19-15-13-9-11-3-1-2-4-12(11)10-14(13)16(20)18(15)22-17-5-7-21-8-6-17/h1-4,9-10H,5-8H2. The number of carbonyl (C=O) groups is 2. The fourth-order valence-corrected chi connectivity index (χ4v) is 3.61. The number of ether oxygens (including phenoxy) is 1. The van der Waals surface area contributed by atoms with Crippen molar-refractivity contribution < 1.29 is 14.3 Å². The summed E-state index contributed by atoms with van der Waals surface area (Å²) in [6.45, 7) is 2.67. The van der Waals surface area contributed by atoms with E-state index >= 15 is 0 Å². The van der Waals surface area contributed by atoms with Crippen molar-refractivity contribution in [3.63, 3.8) is 0 Å². The number of imide groups is 1. The van der Waals surface area contributed by atoms with Crippen molar-refractivity contribution in [2.24, 2.45) is 0 Å². The molecule has 0 bridgehead atoms. The zero-order valence-corrected chi connectivity index (χ0v) is 12.6. The number of fused-ring (bicyclic) bond motifs is 2. The van der Waals surface area contributed by atoms with Gasteiger partial charge in [-0.2, -0.15) is 0 Å². The van der Waals surface area contributed by atoms with Gasteiger partial charge in [-0.25, -0.2) is 8.61 Å². The van der Waals surface area contributed by atoms with Crippen LogP contribution in [0.5, 0.6) is 0 Å². The number of morpholine rings is 1. The van der Waals surface area contributed by atoms with Crippen LogP contribution in [0.1, 0.15) is 20.7 Å². The third-order valence-corrected chi connectivity index (χ3v) is 4.97. The Balaban J connectivity index is 1.67. The maximum atomic E-state index is 12.6. The highest BCUT2D eigenvalue weighted by atomic mass is 32.2. The second-order valence-corrected chi connectivity index (χ2v) is 6.32. The van der Waals surface area contributed by atoms with E-state index in [0.717, 1.165) is 10.8 Å². The Bertz CT molecular complexity index is 717. The average molecular weight is 314 g/mol. The van der Waals surface area contributed by atoms with Gasteiger partial charge in [0.2, 0.25) is 0 Å². The van der Waals surface area contributed by atoms with Crippen molar-refractivity contribution in [1.82, 2.24) is 8.61 Å². The smallest absolute Gasteiger partial charge is 0.272 e. The molecule has 0 aromatic heterocycles. The van der Waals surface area contributed by atoms with E-state index in [4.69, 9.17) is 4.74 Å². The van der Waals surface area contributed by atoms with E-state index < -0.39 is 0 Å². The van der Waals surface area contributed by atoms with Crippen molar-refractivity contribution in [1.29, 1.82) is 0 Å². The molecule has 5 nitrogen and oxygen atoms in total. The molecule has 0 saturated carbocycles. The largest absolute Gasteiger partial charge is 0.379 e. The second-order valence-electron chi connectivity index (χ2n) is 5.27. The molecule has 2 aromatic carbocycles. The fourth-order valence-electron chi connectivity index (χ4n) is 2.72. The summed E-state index contributed by atoms with van der Waals surface area (Å²) in [5, 5.41) is 1.95. The summed E-state index contributed by atoms with van der Waals surface area (Å²) in [5.41, 5.74) is 0.980. The van der Waals surface area contributed by atoms with E-state index in [1.165, 1.54) is 16.4 Å². The van der Waals surface area contributed by atoms with Crippen LogP contribution in [0.15, 0.2) is 36.4 Å². The predicted octanol–water partition coefficient (Wildman–Crippen LogP) is 2.33. The van der Waals surface area contributed by atoms with Crippen molar-refractivity contribution in [2.75, 3.05) is 26.3 Å². The van der Waals surface area contributed by atoms with Gasteiger partial charge in [-0.15, -0.1) is 0 Å². The molecule has 0 aliphatic carbocycles. The zero-order chi connectivity index (χ0) is 15.1. The van der Waals surface area contributed by atoms with Crippen LogP contribution in [0.3, 0.4) is 0 Å². The van der Waals surface area contributed by atoms with Crippen LogP contribution in [-0.4, -0.2) is 46.7 Å². The number of rotatable bonds is 2. The third-order valence-electron chi connectivity index (χ3n) is 3.88. The van der Waals surface area contributed by atoms with Crippen LogP contribution in [0, 0.1) is 0 Å². The van der Waals surface area contributed by atoms with E-state index in [1.807, 2.05) is 40.7 Å². The zero-order valence-electron chi connectivity index (χ0n) is 11.8. The highest BCUT2D eigenvalue weighted by Gasteiger charge is 2.38. The molecular formula is C16H14N2O3S. The minimum absolute atomic E-state index is 0.234. The molecule has 2 aromatic rings. The highest BCUT2D eigenvalue weighted by molar-refractivity contribution is 7.95. The van der Waals surface area contributed by atoms with Gasteiger partial charge < -0.3 is 4.74 Å². The van der Waals surface area contributed by atoms with Crippen LogP contribution >= 0.6 is 12.1 Å². The van der Waals surface area contributed by atoms with Crippen molar-refractivity contribution in [3.05, 3.63) is 47.5 Å². The highest BCUT2D eigenvalue weighted by Crippen LogP contribution is 2.33. The van der Waals surface area contributed by atoms with Gasteiger partial charge in [-0.05, 0) is 22.9 Å². The maximum absolute atomic E-state index is 12.6.